The number of nitrogens with one attached hydrogen (secondary N) is 1. The maximum absolute atomic E-state index is 12.0. The number of nitrogens with zero attached hydrogens (tertiary/aromatic N) is 3. The smallest absolute Gasteiger partial charge is 0.240 e. The quantitative estimate of drug-likeness (QED) is 0.883. The number of rotatable bonds is 6. The molecular weight excluding hydrogens is 308 g/mol. The first-order valence-electron chi connectivity index (χ1n) is 7.86. The SMILES string of the molecule is CN(Cc1ccccc1)[C@H]1CCN(CC(=O)Nc2nccs2)C1. The number of anilines is 1. The van der Waals surface area contributed by atoms with E-state index in [1.807, 2.05) is 11.4 Å². The van der Waals surface area contributed by atoms with E-state index in [1.165, 1.54) is 16.9 Å². The van der Waals surface area contributed by atoms with Crippen LogP contribution in [0.4, 0.5) is 5.13 Å². The monoisotopic (exact) mass is 330 g/mol. The van der Waals surface area contributed by atoms with Crippen molar-refractivity contribution in [3.05, 3.63) is 47.5 Å². The van der Waals surface area contributed by atoms with Crippen LogP contribution >= 0.6 is 11.3 Å². The number of thiazole rings is 1. The first-order valence-corrected chi connectivity index (χ1v) is 8.74. The van der Waals surface area contributed by atoms with Crippen molar-refractivity contribution in [3.63, 3.8) is 0 Å². The Kier molecular flexibility index (Phi) is 5.38. The molecule has 0 aliphatic carbocycles. The Bertz CT molecular complexity index is 617. The van der Waals surface area contributed by atoms with Gasteiger partial charge in [-0.05, 0) is 19.0 Å². The molecule has 0 unspecified atom stereocenters. The summed E-state index contributed by atoms with van der Waals surface area (Å²) < 4.78 is 0. The number of likely N-dealkylation sites (N-methyl/N-ethyl adjacent to an activating group) is 1. The van der Waals surface area contributed by atoms with Gasteiger partial charge in [-0.15, -0.1) is 11.3 Å². The lowest BCUT2D eigenvalue weighted by Crippen LogP contribution is -2.36. The molecule has 5 nitrogen and oxygen atoms in total. The second-order valence-corrected chi connectivity index (χ2v) is 6.86. The van der Waals surface area contributed by atoms with E-state index in [9.17, 15) is 4.79 Å². The van der Waals surface area contributed by atoms with Crippen LogP contribution in [0.5, 0.6) is 0 Å². The van der Waals surface area contributed by atoms with Crippen LogP contribution in [-0.2, 0) is 11.3 Å². The molecule has 1 aliphatic rings. The predicted octanol–water partition coefficient (Wildman–Crippen LogP) is 2.29. The Morgan fingerprint density at radius 1 is 1.43 bits per heavy atom. The normalized spacial score (nSPS) is 18.4. The van der Waals surface area contributed by atoms with E-state index < -0.39 is 0 Å². The lowest BCUT2D eigenvalue weighted by molar-refractivity contribution is -0.117. The van der Waals surface area contributed by atoms with Crippen molar-refractivity contribution in [2.45, 2.75) is 19.0 Å². The van der Waals surface area contributed by atoms with Crippen molar-refractivity contribution in [2.24, 2.45) is 0 Å². The highest BCUT2D eigenvalue weighted by atomic mass is 32.1. The average Bonchev–Trinajstić information content (AvgIpc) is 3.20. The number of aromatic nitrogens is 1. The molecule has 2 aromatic rings. The third-order valence-corrected chi connectivity index (χ3v) is 4.88. The zero-order valence-electron chi connectivity index (χ0n) is 13.3. The molecule has 1 N–H and O–H groups in total. The van der Waals surface area contributed by atoms with Crippen LogP contribution < -0.4 is 5.32 Å². The Labute approximate surface area is 140 Å². The summed E-state index contributed by atoms with van der Waals surface area (Å²) >= 11 is 1.45. The first-order chi connectivity index (χ1) is 11.2. The molecule has 0 spiro atoms. The molecule has 1 saturated heterocycles. The molecule has 0 bridgehead atoms. The highest BCUT2D eigenvalue weighted by molar-refractivity contribution is 7.13. The van der Waals surface area contributed by atoms with Gasteiger partial charge in [0.25, 0.3) is 0 Å². The van der Waals surface area contributed by atoms with Gasteiger partial charge in [0.1, 0.15) is 0 Å². The average molecular weight is 330 g/mol. The lowest BCUT2D eigenvalue weighted by Gasteiger charge is -2.24. The Hall–Kier alpha value is -1.76. The van der Waals surface area contributed by atoms with E-state index in [0.29, 0.717) is 17.7 Å². The molecule has 1 atom stereocenters. The maximum Gasteiger partial charge on any atom is 0.240 e. The van der Waals surface area contributed by atoms with E-state index in [-0.39, 0.29) is 5.91 Å². The molecule has 1 amide bonds. The Morgan fingerprint density at radius 3 is 3.00 bits per heavy atom. The minimum Gasteiger partial charge on any atom is -0.301 e. The zero-order chi connectivity index (χ0) is 16.1. The van der Waals surface area contributed by atoms with Crippen molar-refractivity contribution in [1.82, 2.24) is 14.8 Å². The van der Waals surface area contributed by atoms with E-state index in [1.54, 1.807) is 6.20 Å². The van der Waals surface area contributed by atoms with Crippen LogP contribution in [0.2, 0.25) is 0 Å². The lowest BCUT2D eigenvalue weighted by atomic mass is 10.1. The van der Waals surface area contributed by atoms with Crippen molar-refractivity contribution in [1.29, 1.82) is 0 Å². The van der Waals surface area contributed by atoms with Gasteiger partial charge in [0, 0.05) is 37.3 Å². The van der Waals surface area contributed by atoms with Crippen LogP contribution in [0, 0.1) is 0 Å². The molecular formula is C17H22N4OS. The zero-order valence-corrected chi connectivity index (χ0v) is 14.1. The van der Waals surface area contributed by atoms with Gasteiger partial charge in [-0.1, -0.05) is 30.3 Å². The number of hydrogen-bond donors (Lipinski definition) is 1. The van der Waals surface area contributed by atoms with Crippen molar-refractivity contribution >= 4 is 22.4 Å². The molecule has 1 aromatic carbocycles. The van der Waals surface area contributed by atoms with E-state index >= 15 is 0 Å². The summed E-state index contributed by atoms with van der Waals surface area (Å²) in [5.41, 5.74) is 1.33. The molecule has 122 valence electrons. The van der Waals surface area contributed by atoms with Crippen molar-refractivity contribution in [2.75, 3.05) is 32.0 Å². The van der Waals surface area contributed by atoms with Crippen LogP contribution in [0.15, 0.2) is 41.9 Å². The third kappa shape index (κ3) is 4.60. The summed E-state index contributed by atoms with van der Waals surface area (Å²) in [7, 11) is 2.16. The van der Waals surface area contributed by atoms with Gasteiger partial charge in [0.2, 0.25) is 5.91 Å². The van der Waals surface area contributed by atoms with Crippen LogP contribution in [0.3, 0.4) is 0 Å². The summed E-state index contributed by atoms with van der Waals surface area (Å²) in [6.45, 7) is 3.30. The number of amides is 1. The number of hydrogen-bond acceptors (Lipinski definition) is 5. The summed E-state index contributed by atoms with van der Waals surface area (Å²) in [5.74, 6) is 0.0197. The van der Waals surface area contributed by atoms with E-state index in [0.717, 1.165) is 26.1 Å². The highest BCUT2D eigenvalue weighted by Crippen LogP contribution is 2.17. The second kappa shape index (κ2) is 7.68. The Morgan fingerprint density at radius 2 is 2.26 bits per heavy atom. The molecule has 3 rings (SSSR count). The first kappa shape index (κ1) is 16.1. The molecule has 0 saturated carbocycles. The van der Waals surface area contributed by atoms with Gasteiger partial charge in [0.15, 0.2) is 5.13 Å². The summed E-state index contributed by atoms with van der Waals surface area (Å²) in [6, 6.07) is 11.0. The Balaban J connectivity index is 1.45. The van der Waals surface area contributed by atoms with Crippen LogP contribution in [0.25, 0.3) is 0 Å². The summed E-state index contributed by atoms with van der Waals surface area (Å²) in [5, 5.41) is 5.38. The minimum atomic E-state index is 0.0197. The number of benzene rings is 1. The molecule has 0 radical (unpaired) electrons. The van der Waals surface area contributed by atoms with Gasteiger partial charge < -0.3 is 5.32 Å². The molecule has 23 heavy (non-hydrogen) atoms. The van der Waals surface area contributed by atoms with Crippen LogP contribution in [-0.4, -0.2) is 53.4 Å². The second-order valence-electron chi connectivity index (χ2n) is 5.96. The fraction of sp³-hybridized carbons (Fsp3) is 0.412. The fourth-order valence-electron chi connectivity index (χ4n) is 2.96. The van der Waals surface area contributed by atoms with Crippen LogP contribution in [0.1, 0.15) is 12.0 Å². The van der Waals surface area contributed by atoms with E-state index in [4.69, 9.17) is 0 Å². The topological polar surface area (TPSA) is 48.5 Å². The fourth-order valence-corrected chi connectivity index (χ4v) is 3.51. The largest absolute Gasteiger partial charge is 0.301 e. The minimum absolute atomic E-state index is 0.0197. The third-order valence-electron chi connectivity index (χ3n) is 4.19. The maximum atomic E-state index is 12.0. The van der Waals surface area contributed by atoms with Gasteiger partial charge in [-0.3, -0.25) is 14.6 Å². The predicted molar refractivity (Wildman–Crippen MR) is 93.5 cm³/mol. The van der Waals surface area contributed by atoms with Gasteiger partial charge in [-0.2, -0.15) is 0 Å². The van der Waals surface area contributed by atoms with Crippen molar-refractivity contribution < 1.29 is 4.79 Å². The highest BCUT2D eigenvalue weighted by Gasteiger charge is 2.26. The molecule has 1 fully saturated rings. The molecule has 1 aliphatic heterocycles. The molecule has 2 heterocycles. The van der Waals surface area contributed by atoms with E-state index in [2.05, 4.69) is 51.4 Å². The molecule has 1 aromatic heterocycles. The number of likely N-dealkylation sites (tertiary alicyclic amines) is 1. The van der Waals surface area contributed by atoms with Gasteiger partial charge in [0.05, 0.1) is 6.54 Å². The van der Waals surface area contributed by atoms with Crippen molar-refractivity contribution in [3.8, 4) is 0 Å². The summed E-state index contributed by atoms with van der Waals surface area (Å²) in [6.07, 6.45) is 2.80. The molecule has 6 heteroatoms. The summed E-state index contributed by atoms with van der Waals surface area (Å²) in [4.78, 5) is 20.7. The number of carbonyl (C=O) groups is 1. The van der Waals surface area contributed by atoms with Gasteiger partial charge >= 0.3 is 0 Å². The standard InChI is InChI=1S/C17H22N4OS/c1-20(11-14-5-3-2-4-6-14)15-7-9-21(12-15)13-16(22)19-17-18-8-10-23-17/h2-6,8,10,15H,7,9,11-13H2,1H3,(H,18,19,22)/t15-/m0/s1. The number of carbonyl (C=O) groups excluding carboxylic acids is 1. The van der Waals surface area contributed by atoms with Gasteiger partial charge in [-0.25, -0.2) is 4.98 Å².